The molecule has 2 aromatic rings. The molecule has 0 heterocycles. The molecule has 0 aliphatic heterocycles. The van der Waals surface area contributed by atoms with Crippen molar-refractivity contribution >= 4 is 57.6 Å². The highest BCUT2D eigenvalue weighted by atomic mass is 127. The zero-order chi connectivity index (χ0) is 30.1. The van der Waals surface area contributed by atoms with Crippen molar-refractivity contribution in [3.63, 3.8) is 0 Å². The molecule has 0 radical (unpaired) electrons. The largest absolute Gasteiger partial charge is 0.493 e. The Morgan fingerprint density at radius 3 is 2.56 bits per heavy atom. The molecule has 12 heteroatoms. The highest BCUT2D eigenvalue weighted by Gasteiger charge is 2.40. The van der Waals surface area contributed by atoms with Gasteiger partial charge in [0.15, 0.2) is 11.5 Å². The van der Waals surface area contributed by atoms with Crippen LogP contribution in [0.15, 0.2) is 54.1 Å². The maximum atomic E-state index is 13.5. The number of ether oxygens (including phenoxy) is 2. The minimum Gasteiger partial charge on any atom is -0.493 e. The number of benzene rings is 2. The van der Waals surface area contributed by atoms with Crippen molar-refractivity contribution in [1.29, 1.82) is 0 Å². The maximum Gasteiger partial charge on any atom is 0.247 e. The Balaban J connectivity index is 2.06. The molecular weight excluding hydrogens is 686 g/mol. The van der Waals surface area contributed by atoms with Crippen LogP contribution in [0.3, 0.4) is 0 Å². The minimum absolute atomic E-state index is 0.0307. The van der Waals surface area contributed by atoms with Crippen LogP contribution in [0.1, 0.15) is 30.9 Å². The topological polar surface area (TPSA) is 129 Å². The van der Waals surface area contributed by atoms with Gasteiger partial charge in [0.2, 0.25) is 11.8 Å². The van der Waals surface area contributed by atoms with E-state index in [-0.39, 0.29) is 44.2 Å². The molecular formula is C29H33Cl2IN2O7. The van der Waals surface area contributed by atoms with Crippen molar-refractivity contribution in [2.45, 2.75) is 51.2 Å². The average Bonchev–Trinajstić information content (AvgIpc) is 2.96. The van der Waals surface area contributed by atoms with Crippen LogP contribution in [0.2, 0.25) is 10.0 Å². The number of halogens is 3. The number of hydrogen-bond donors (Lipinski definition) is 4. The Bertz CT molecular complexity index is 1300. The summed E-state index contributed by atoms with van der Waals surface area (Å²) in [5.41, 5.74) is 1.58. The lowest BCUT2D eigenvalue weighted by atomic mass is 9.87. The normalized spacial score (nSPS) is 18.6. The molecule has 0 fully saturated rings. The van der Waals surface area contributed by atoms with Crippen molar-refractivity contribution in [2.24, 2.45) is 0 Å². The van der Waals surface area contributed by atoms with Gasteiger partial charge in [-0.25, -0.2) is 0 Å². The second kappa shape index (κ2) is 15.8. The Kier molecular flexibility index (Phi) is 12.7. The number of hydrogen-bond acceptors (Lipinski definition) is 7. The molecule has 0 unspecified atom stereocenters. The number of methoxy groups -OCH3 is 1. The Morgan fingerprint density at radius 2 is 1.93 bits per heavy atom. The zero-order valence-corrected chi connectivity index (χ0v) is 26.3. The van der Waals surface area contributed by atoms with Crippen LogP contribution in [-0.2, 0) is 22.7 Å². The van der Waals surface area contributed by atoms with Crippen LogP contribution < -0.4 is 14.8 Å². The van der Waals surface area contributed by atoms with Crippen molar-refractivity contribution in [3.05, 3.63) is 78.9 Å². The lowest BCUT2D eigenvalue weighted by Crippen LogP contribution is -2.54. The molecule has 222 valence electrons. The SMILES string of the molecule is CCC=CC(=O)N(Cc1ccc(Cl)c(Cl)c1)[C@@H]1CC(C(=O)NCCO)=C[C@H](Oc2c(I)cc(CO)cc2OC)[C@H]1O. The number of allylic oxidation sites excluding steroid dienone is 1. The molecule has 4 N–H and O–H groups in total. The molecule has 0 saturated heterocycles. The van der Waals surface area contributed by atoms with E-state index in [1.807, 2.05) is 29.5 Å². The predicted molar refractivity (Wildman–Crippen MR) is 165 cm³/mol. The summed E-state index contributed by atoms with van der Waals surface area (Å²) in [7, 11) is 1.46. The molecule has 3 rings (SSSR count). The van der Waals surface area contributed by atoms with E-state index in [0.717, 1.165) is 0 Å². The summed E-state index contributed by atoms with van der Waals surface area (Å²) < 4.78 is 12.4. The molecule has 1 aliphatic carbocycles. The van der Waals surface area contributed by atoms with E-state index in [1.54, 1.807) is 36.4 Å². The molecule has 0 saturated carbocycles. The summed E-state index contributed by atoms with van der Waals surface area (Å²) >= 11 is 14.4. The minimum atomic E-state index is -1.25. The fraction of sp³-hybridized carbons (Fsp3) is 0.379. The van der Waals surface area contributed by atoms with E-state index in [0.29, 0.717) is 42.7 Å². The van der Waals surface area contributed by atoms with E-state index < -0.39 is 24.2 Å². The van der Waals surface area contributed by atoms with Crippen molar-refractivity contribution in [3.8, 4) is 11.5 Å². The molecule has 0 bridgehead atoms. The third kappa shape index (κ3) is 8.59. The summed E-state index contributed by atoms with van der Waals surface area (Å²) in [5, 5.41) is 33.8. The fourth-order valence-electron chi connectivity index (χ4n) is 4.40. The van der Waals surface area contributed by atoms with Gasteiger partial charge in [0.05, 0.1) is 40.0 Å². The smallest absolute Gasteiger partial charge is 0.247 e. The monoisotopic (exact) mass is 718 g/mol. The highest BCUT2D eigenvalue weighted by molar-refractivity contribution is 14.1. The van der Waals surface area contributed by atoms with Crippen molar-refractivity contribution < 1.29 is 34.4 Å². The Morgan fingerprint density at radius 1 is 1.17 bits per heavy atom. The number of nitrogens with one attached hydrogen (secondary N) is 1. The van der Waals surface area contributed by atoms with Gasteiger partial charge in [-0.2, -0.15) is 0 Å². The first kappa shape index (κ1) is 33.2. The molecule has 2 amide bonds. The van der Waals surface area contributed by atoms with Crippen LogP contribution in [-0.4, -0.2) is 70.5 Å². The molecule has 3 atom stereocenters. The molecule has 41 heavy (non-hydrogen) atoms. The van der Waals surface area contributed by atoms with Crippen LogP contribution in [0.5, 0.6) is 11.5 Å². The first-order chi connectivity index (χ1) is 19.6. The number of aliphatic hydroxyl groups excluding tert-OH is 3. The maximum absolute atomic E-state index is 13.5. The third-order valence-corrected chi connectivity index (χ3v) is 8.00. The molecule has 1 aliphatic rings. The fourth-order valence-corrected chi connectivity index (χ4v) is 5.52. The second-order valence-corrected chi connectivity index (χ2v) is 11.3. The zero-order valence-electron chi connectivity index (χ0n) is 22.6. The van der Waals surface area contributed by atoms with E-state index in [1.165, 1.54) is 24.2 Å². The van der Waals surface area contributed by atoms with Gasteiger partial charge in [-0.05, 0) is 76.6 Å². The summed E-state index contributed by atoms with van der Waals surface area (Å²) in [6.07, 6.45) is 3.03. The van der Waals surface area contributed by atoms with Crippen LogP contribution in [0.25, 0.3) is 0 Å². The van der Waals surface area contributed by atoms with E-state index in [2.05, 4.69) is 5.32 Å². The van der Waals surface area contributed by atoms with Crippen molar-refractivity contribution in [1.82, 2.24) is 10.2 Å². The van der Waals surface area contributed by atoms with Gasteiger partial charge in [-0.15, -0.1) is 0 Å². The standard InChI is InChI=1S/C29H33Cl2IN2O7/c1-3-4-5-26(37)34(15-17-6-7-20(30)21(31)10-17)23-13-19(29(39)33-8-9-35)14-24(27(23)38)41-28-22(32)11-18(16-36)12-25(28)40-2/h4-7,10-12,14,23-24,27,35-36,38H,3,8-9,13,15-16H2,1-2H3,(H,33,39)/t23-,24+,27+/m1/s1. The summed E-state index contributed by atoms with van der Waals surface area (Å²) in [4.78, 5) is 28.0. The van der Waals surface area contributed by atoms with Gasteiger partial charge >= 0.3 is 0 Å². The number of rotatable bonds is 12. The summed E-state index contributed by atoms with van der Waals surface area (Å²) in [6.45, 7) is 1.56. The van der Waals surface area contributed by atoms with E-state index in [9.17, 15) is 24.9 Å². The summed E-state index contributed by atoms with van der Waals surface area (Å²) in [5.74, 6) is -0.163. The number of carbonyl (C=O) groups is 2. The van der Waals surface area contributed by atoms with Gasteiger partial charge in [-0.3, -0.25) is 9.59 Å². The average molecular weight is 719 g/mol. The molecule has 0 aromatic heterocycles. The number of carbonyl (C=O) groups excluding carboxylic acids is 2. The number of nitrogens with zero attached hydrogens (tertiary/aromatic N) is 1. The first-order valence-corrected chi connectivity index (χ1v) is 14.8. The first-order valence-electron chi connectivity index (χ1n) is 13.0. The lowest BCUT2D eigenvalue weighted by molar-refractivity contribution is -0.134. The molecule has 0 spiro atoms. The number of aliphatic hydroxyl groups is 3. The number of amides is 2. The molecule has 2 aromatic carbocycles. The van der Waals surface area contributed by atoms with Gasteiger partial charge in [0.1, 0.15) is 12.2 Å². The summed E-state index contributed by atoms with van der Waals surface area (Å²) in [6, 6.07) is 7.49. The van der Waals surface area contributed by atoms with Crippen LogP contribution in [0.4, 0.5) is 0 Å². The lowest BCUT2D eigenvalue weighted by Gasteiger charge is -2.40. The van der Waals surface area contributed by atoms with Crippen LogP contribution in [0, 0.1) is 3.57 Å². The third-order valence-electron chi connectivity index (χ3n) is 6.46. The van der Waals surface area contributed by atoms with Gasteiger partial charge < -0.3 is 35.0 Å². The Hall–Kier alpha value is -2.35. The van der Waals surface area contributed by atoms with Crippen molar-refractivity contribution in [2.75, 3.05) is 20.3 Å². The van der Waals surface area contributed by atoms with Crippen LogP contribution >= 0.6 is 45.8 Å². The Labute approximate surface area is 262 Å². The van der Waals surface area contributed by atoms with E-state index in [4.69, 9.17) is 32.7 Å². The molecule has 9 nitrogen and oxygen atoms in total. The van der Waals surface area contributed by atoms with Gasteiger partial charge in [0.25, 0.3) is 0 Å². The van der Waals surface area contributed by atoms with E-state index >= 15 is 0 Å². The predicted octanol–water partition coefficient (Wildman–Crippen LogP) is 4.01. The second-order valence-electron chi connectivity index (χ2n) is 9.31. The van der Waals surface area contributed by atoms with Gasteiger partial charge in [0, 0.05) is 25.1 Å². The van der Waals surface area contributed by atoms with Gasteiger partial charge in [-0.1, -0.05) is 42.3 Å². The highest BCUT2D eigenvalue weighted by Crippen LogP contribution is 2.37. The quantitative estimate of drug-likeness (QED) is 0.193.